The van der Waals surface area contributed by atoms with Crippen LogP contribution in [-0.4, -0.2) is 18.4 Å². The van der Waals surface area contributed by atoms with Gasteiger partial charge in [-0.2, -0.15) is 13.2 Å². The van der Waals surface area contributed by atoms with Gasteiger partial charge in [0.05, 0.1) is 5.56 Å². The monoisotopic (exact) mass is 364 g/mol. The Hall–Kier alpha value is -2.83. The second-order valence-electron chi connectivity index (χ2n) is 5.78. The molecule has 0 unspecified atom stereocenters. The minimum atomic E-state index is -4.44. The van der Waals surface area contributed by atoms with E-state index in [-0.39, 0.29) is 11.6 Å². The Morgan fingerprint density at radius 1 is 1.08 bits per heavy atom. The number of nitrogens with zero attached hydrogens (tertiary/aromatic N) is 1. The van der Waals surface area contributed by atoms with Crippen molar-refractivity contribution in [2.45, 2.75) is 26.4 Å². The number of rotatable bonds is 5. The fourth-order valence-electron chi connectivity index (χ4n) is 2.48. The maximum absolute atomic E-state index is 12.5. The molecule has 0 saturated heterocycles. The molecule has 0 spiro atoms. The van der Waals surface area contributed by atoms with Gasteiger partial charge in [-0.15, -0.1) is 0 Å². The molecule has 2 amide bonds. The maximum atomic E-state index is 12.5. The lowest BCUT2D eigenvalue weighted by molar-refractivity contribution is -0.137. The van der Waals surface area contributed by atoms with Crippen LogP contribution in [0.1, 0.15) is 24.5 Å². The van der Waals surface area contributed by atoms with Crippen molar-refractivity contribution in [2.75, 3.05) is 16.8 Å². The zero-order chi connectivity index (χ0) is 19.3. The third-order valence-corrected chi connectivity index (χ3v) is 3.74. The van der Waals surface area contributed by atoms with Crippen LogP contribution in [0.5, 0.6) is 0 Å². The lowest BCUT2D eigenvalue weighted by Gasteiger charge is -2.21. The van der Waals surface area contributed by atoms with E-state index in [2.05, 4.69) is 5.32 Å². The van der Waals surface area contributed by atoms with Crippen molar-refractivity contribution >= 4 is 23.2 Å². The van der Waals surface area contributed by atoms with Gasteiger partial charge in [-0.05, 0) is 55.8 Å². The lowest BCUT2D eigenvalue weighted by atomic mass is 10.2. The van der Waals surface area contributed by atoms with Crippen molar-refractivity contribution in [2.24, 2.45) is 0 Å². The van der Waals surface area contributed by atoms with Crippen LogP contribution < -0.4 is 10.2 Å². The van der Waals surface area contributed by atoms with Crippen LogP contribution in [0.25, 0.3) is 0 Å². The molecule has 138 valence electrons. The van der Waals surface area contributed by atoms with Crippen LogP contribution in [0, 0.1) is 6.92 Å². The molecule has 2 aromatic carbocycles. The van der Waals surface area contributed by atoms with Gasteiger partial charge in [0.1, 0.15) is 6.42 Å². The molecule has 2 aromatic rings. The zero-order valence-electron chi connectivity index (χ0n) is 14.4. The summed E-state index contributed by atoms with van der Waals surface area (Å²) in [6, 6.07) is 11.4. The van der Waals surface area contributed by atoms with Gasteiger partial charge < -0.3 is 10.2 Å². The Morgan fingerprint density at radius 2 is 1.73 bits per heavy atom. The van der Waals surface area contributed by atoms with Crippen LogP contribution in [0.4, 0.5) is 24.5 Å². The summed E-state index contributed by atoms with van der Waals surface area (Å²) in [7, 11) is 0. The number of nitrogens with one attached hydrogen (secondary N) is 1. The predicted molar refractivity (Wildman–Crippen MR) is 93.9 cm³/mol. The van der Waals surface area contributed by atoms with Crippen LogP contribution in [-0.2, 0) is 15.8 Å². The smallest absolute Gasteiger partial charge is 0.326 e. The number of alkyl halides is 3. The Morgan fingerprint density at radius 3 is 2.27 bits per heavy atom. The van der Waals surface area contributed by atoms with E-state index in [1.165, 1.54) is 4.90 Å². The van der Waals surface area contributed by atoms with Crippen LogP contribution in [0.3, 0.4) is 0 Å². The minimum absolute atomic E-state index is 0.203. The van der Waals surface area contributed by atoms with Gasteiger partial charge in [0.2, 0.25) is 11.8 Å². The Kier molecular flexibility index (Phi) is 6.02. The average Bonchev–Trinajstić information content (AvgIpc) is 2.55. The maximum Gasteiger partial charge on any atom is 0.416 e. The third kappa shape index (κ3) is 5.08. The topological polar surface area (TPSA) is 49.4 Å². The number of carbonyl (C=O) groups excluding carboxylic acids is 2. The number of hydrogen-bond acceptors (Lipinski definition) is 2. The highest BCUT2D eigenvalue weighted by Gasteiger charge is 2.30. The number of halogens is 3. The zero-order valence-corrected chi connectivity index (χ0v) is 14.4. The largest absolute Gasteiger partial charge is 0.416 e. The van der Waals surface area contributed by atoms with Crippen molar-refractivity contribution in [3.05, 3.63) is 59.7 Å². The molecule has 26 heavy (non-hydrogen) atoms. The summed E-state index contributed by atoms with van der Waals surface area (Å²) in [6.45, 7) is 4.10. The number of carbonyl (C=O) groups is 2. The first kappa shape index (κ1) is 19.5. The number of amides is 2. The second-order valence-corrected chi connectivity index (χ2v) is 5.78. The number of benzene rings is 2. The summed E-state index contributed by atoms with van der Waals surface area (Å²) in [4.78, 5) is 25.9. The predicted octanol–water partition coefficient (Wildman–Crippen LogP) is 4.40. The third-order valence-electron chi connectivity index (χ3n) is 3.74. The van der Waals surface area contributed by atoms with E-state index in [1.807, 2.05) is 25.1 Å². The van der Waals surface area contributed by atoms with E-state index < -0.39 is 24.1 Å². The Labute approximate surface area is 149 Å². The Bertz CT molecular complexity index is 786. The normalized spacial score (nSPS) is 11.1. The van der Waals surface area contributed by atoms with Gasteiger partial charge in [0.25, 0.3) is 0 Å². The molecule has 0 bridgehead atoms. The van der Waals surface area contributed by atoms with E-state index in [0.717, 1.165) is 29.8 Å². The molecule has 0 radical (unpaired) electrons. The minimum Gasteiger partial charge on any atom is -0.326 e. The first-order chi connectivity index (χ1) is 12.2. The molecule has 1 N–H and O–H groups in total. The van der Waals surface area contributed by atoms with Crippen LogP contribution in [0.2, 0.25) is 0 Å². The first-order valence-corrected chi connectivity index (χ1v) is 8.05. The van der Waals surface area contributed by atoms with Gasteiger partial charge >= 0.3 is 6.18 Å². The lowest BCUT2D eigenvalue weighted by Crippen LogP contribution is -2.33. The molecule has 4 nitrogen and oxygen atoms in total. The van der Waals surface area contributed by atoms with Gasteiger partial charge in [0, 0.05) is 17.9 Å². The SMILES string of the molecule is CCN(C(=O)CC(=O)Nc1ccc(C(F)(F)F)cc1)c1cccc(C)c1. The fraction of sp³-hybridized carbons (Fsp3) is 0.263. The molecule has 0 heterocycles. The molecule has 0 aromatic heterocycles. The van der Waals surface area contributed by atoms with E-state index in [4.69, 9.17) is 0 Å². The molecule has 7 heteroatoms. The van der Waals surface area contributed by atoms with Gasteiger partial charge in [-0.3, -0.25) is 9.59 Å². The molecule has 0 fully saturated rings. The van der Waals surface area contributed by atoms with Gasteiger partial charge in [0.15, 0.2) is 0 Å². The van der Waals surface area contributed by atoms with E-state index in [0.29, 0.717) is 12.2 Å². The number of hydrogen-bond donors (Lipinski definition) is 1. The van der Waals surface area contributed by atoms with Crippen molar-refractivity contribution in [1.82, 2.24) is 0 Å². The standard InChI is InChI=1S/C19H19F3N2O2/c1-3-24(16-6-4-5-13(2)11-16)18(26)12-17(25)23-15-9-7-14(8-10-15)19(20,21)22/h4-11H,3,12H2,1-2H3,(H,23,25). The summed E-state index contributed by atoms with van der Waals surface area (Å²) < 4.78 is 37.6. The molecule has 0 aliphatic rings. The summed E-state index contributed by atoms with van der Waals surface area (Å²) in [5.74, 6) is -0.969. The molecule has 2 rings (SSSR count). The summed E-state index contributed by atoms with van der Waals surface area (Å²) in [6.07, 6.45) is -4.84. The number of anilines is 2. The summed E-state index contributed by atoms with van der Waals surface area (Å²) in [5.41, 5.74) is 1.08. The van der Waals surface area contributed by atoms with Crippen molar-refractivity contribution in [3.8, 4) is 0 Å². The molecule has 0 saturated carbocycles. The second kappa shape index (κ2) is 8.03. The van der Waals surface area contributed by atoms with E-state index in [1.54, 1.807) is 13.0 Å². The highest BCUT2D eigenvalue weighted by atomic mass is 19.4. The molecule has 0 aliphatic carbocycles. The van der Waals surface area contributed by atoms with Crippen molar-refractivity contribution in [1.29, 1.82) is 0 Å². The average molecular weight is 364 g/mol. The van der Waals surface area contributed by atoms with Crippen molar-refractivity contribution < 1.29 is 22.8 Å². The number of aryl methyl sites for hydroxylation is 1. The molecule has 0 atom stereocenters. The van der Waals surface area contributed by atoms with E-state index >= 15 is 0 Å². The fourth-order valence-corrected chi connectivity index (χ4v) is 2.48. The Balaban J connectivity index is 2.01. The van der Waals surface area contributed by atoms with Crippen molar-refractivity contribution in [3.63, 3.8) is 0 Å². The van der Waals surface area contributed by atoms with Gasteiger partial charge in [-0.1, -0.05) is 12.1 Å². The van der Waals surface area contributed by atoms with Crippen LogP contribution >= 0.6 is 0 Å². The highest BCUT2D eigenvalue weighted by molar-refractivity contribution is 6.09. The van der Waals surface area contributed by atoms with Gasteiger partial charge in [-0.25, -0.2) is 0 Å². The quantitative estimate of drug-likeness (QED) is 0.800. The molecular formula is C19H19F3N2O2. The summed E-state index contributed by atoms with van der Waals surface area (Å²) in [5, 5.41) is 2.44. The van der Waals surface area contributed by atoms with E-state index in [9.17, 15) is 22.8 Å². The van der Waals surface area contributed by atoms with Crippen LogP contribution in [0.15, 0.2) is 48.5 Å². The highest BCUT2D eigenvalue weighted by Crippen LogP contribution is 2.29. The first-order valence-electron chi connectivity index (χ1n) is 8.05. The summed E-state index contributed by atoms with van der Waals surface area (Å²) >= 11 is 0. The molecular weight excluding hydrogens is 345 g/mol. The molecule has 0 aliphatic heterocycles.